The van der Waals surface area contributed by atoms with Crippen LogP contribution in [-0.4, -0.2) is 50.9 Å². The third-order valence-corrected chi connectivity index (χ3v) is 3.52. The lowest BCUT2D eigenvalue weighted by Crippen LogP contribution is -2.40. The summed E-state index contributed by atoms with van der Waals surface area (Å²) in [6.45, 7) is 11.9. The van der Waals surface area contributed by atoms with E-state index in [2.05, 4.69) is 42.3 Å². The monoisotopic (exact) mass is 292 g/mol. The van der Waals surface area contributed by atoms with Gasteiger partial charge in [-0.05, 0) is 23.6 Å². The minimum atomic E-state index is 0.556. The van der Waals surface area contributed by atoms with Crippen molar-refractivity contribution in [2.24, 2.45) is 5.92 Å². The molecule has 1 saturated heterocycles. The lowest BCUT2D eigenvalue weighted by molar-refractivity contribution is 0.0384. The molecule has 21 heavy (non-hydrogen) atoms. The smallest absolute Gasteiger partial charge is 0.119 e. The van der Waals surface area contributed by atoms with Gasteiger partial charge in [-0.25, -0.2) is 0 Å². The second-order valence-electron chi connectivity index (χ2n) is 5.98. The van der Waals surface area contributed by atoms with E-state index in [0.717, 1.165) is 58.3 Å². The van der Waals surface area contributed by atoms with Crippen molar-refractivity contribution in [2.45, 2.75) is 20.4 Å². The molecule has 1 aromatic carbocycles. The number of ether oxygens (including phenoxy) is 2. The molecule has 0 aromatic heterocycles. The van der Waals surface area contributed by atoms with Crippen LogP contribution in [0.2, 0.25) is 0 Å². The summed E-state index contributed by atoms with van der Waals surface area (Å²) in [6, 6.07) is 8.36. The zero-order valence-corrected chi connectivity index (χ0v) is 13.3. The maximum Gasteiger partial charge on any atom is 0.119 e. The molecule has 0 atom stereocenters. The first kappa shape index (κ1) is 16.3. The van der Waals surface area contributed by atoms with Crippen molar-refractivity contribution < 1.29 is 9.47 Å². The molecular formula is C17H28N2O2. The van der Waals surface area contributed by atoms with Crippen LogP contribution >= 0.6 is 0 Å². The number of nitrogens with one attached hydrogen (secondary N) is 1. The summed E-state index contributed by atoms with van der Waals surface area (Å²) < 4.78 is 11.1. The normalized spacial score (nSPS) is 16.3. The van der Waals surface area contributed by atoms with Gasteiger partial charge in [0.1, 0.15) is 5.75 Å². The van der Waals surface area contributed by atoms with Crippen molar-refractivity contribution in [1.82, 2.24) is 10.2 Å². The SMILES string of the molecule is CC(C)COc1cccc(CNCCN2CCOCC2)c1. The zero-order valence-electron chi connectivity index (χ0n) is 13.3. The van der Waals surface area contributed by atoms with E-state index in [9.17, 15) is 0 Å². The van der Waals surface area contributed by atoms with Gasteiger partial charge in [-0.2, -0.15) is 0 Å². The lowest BCUT2D eigenvalue weighted by Gasteiger charge is -2.26. The quantitative estimate of drug-likeness (QED) is 0.744. The Labute approximate surface area is 128 Å². The minimum Gasteiger partial charge on any atom is -0.493 e. The average molecular weight is 292 g/mol. The molecule has 1 aliphatic heterocycles. The summed E-state index contributed by atoms with van der Waals surface area (Å²) in [7, 11) is 0. The molecular weight excluding hydrogens is 264 g/mol. The van der Waals surface area contributed by atoms with Crippen LogP contribution in [0.4, 0.5) is 0 Å². The lowest BCUT2D eigenvalue weighted by atomic mass is 10.2. The molecule has 0 amide bonds. The molecule has 1 aromatic rings. The minimum absolute atomic E-state index is 0.556. The summed E-state index contributed by atoms with van der Waals surface area (Å²) in [5.41, 5.74) is 1.28. The van der Waals surface area contributed by atoms with Crippen LogP contribution in [-0.2, 0) is 11.3 Å². The first-order valence-electron chi connectivity index (χ1n) is 7.96. The number of morpholine rings is 1. The predicted octanol–water partition coefficient (Wildman–Crippen LogP) is 2.14. The van der Waals surface area contributed by atoms with E-state index >= 15 is 0 Å². The third-order valence-electron chi connectivity index (χ3n) is 3.52. The van der Waals surface area contributed by atoms with Crippen molar-refractivity contribution >= 4 is 0 Å². The van der Waals surface area contributed by atoms with Crippen molar-refractivity contribution in [3.63, 3.8) is 0 Å². The molecule has 1 N–H and O–H groups in total. The van der Waals surface area contributed by atoms with Crippen LogP contribution in [0.15, 0.2) is 24.3 Å². The Morgan fingerprint density at radius 1 is 1.29 bits per heavy atom. The maximum atomic E-state index is 5.76. The Bertz CT molecular complexity index is 404. The van der Waals surface area contributed by atoms with Crippen LogP contribution in [0.5, 0.6) is 5.75 Å². The van der Waals surface area contributed by atoms with Crippen LogP contribution in [0, 0.1) is 5.92 Å². The van der Waals surface area contributed by atoms with Gasteiger partial charge in [-0.1, -0.05) is 26.0 Å². The number of hydrogen-bond acceptors (Lipinski definition) is 4. The Hall–Kier alpha value is -1.10. The molecule has 0 saturated carbocycles. The average Bonchev–Trinajstić information content (AvgIpc) is 2.51. The summed E-state index contributed by atoms with van der Waals surface area (Å²) >= 11 is 0. The molecule has 118 valence electrons. The van der Waals surface area contributed by atoms with Gasteiger partial charge in [0, 0.05) is 32.7 Å². The zero-order chi connectivity index (χ0) is 14.9. The van der Waals surface area contributed by atoms with Gasteiger partial charge >= 0.3 is 0 Å². The van der Waals surface area contributed by atoms with E-state index in [-0.39, 0.29) is 0 Å². The Kier molecular flexibility index (Phi) is 7.00. The van der Waals surface area contributed by atoms with E-state index in [0.29, 0.717) is 5.92 Å². The maximum absolute atomic E-state index is 5.76. The first-order valence-corrected chi connectivity index (χ1v) is 7.96. The highest BCUT2D eigenvalue weighted by Crippen LogP contribution is 2.14. The third kappa shape index (κ3) is 6.46. The van der Waals surface area contributed by atoms with Gasteiger partial charge in [0.25, 0.3) is 0 Å². The highest BCUT2D eigenvalue weighted by Gasteiger charge is 2.08. The van der Waals surface area contributed by atoms with Crippen molar-refractivity contribution in [1.29, 1.82) is 0 Å². The van der Waals surface area contributed by atoms with E-state index in [1.165, 1.54) is 5.56 Å². The van der Waals surface area contributed by atoms with E-state index in [1.54, 1.807) is 0 Å². The predicted molar refractivity (Wildman–Crippen MR) is 85.7 cm³/mol. The van der Waals surface area contributed by atoms with E-state index in [4.69, 9.17) is 9.47 Å². The number of hydrogen-bond donors (Lipinski definition) is 1. The van der Waals surface area contributed by atoms with Gasteiger partial charge in [-0.15, -0.1) is 0 Å². The molecule has 4 heteroatoms. The summed E-state index contributed by atoms with van der Waals surface area (Å²) in [5, 5.41) is 3.50. The molecule has 0 bridgehead atoms. The molecule has 2 rings (SSSR count). The van der Waals surface area contributed by atoms with Crippen LogP contribution < -0.4 is 10.1 Å². The van der Waals surface area contributed by atoms with E-state index < -0.39 is 0 Å². The highest BCUT2D eigenvalue weighted by molar-refractivity contribution is 5.28. The summed E-state index contributed by atoms with van der Waals surface area (Å²) in [5.74, 6) is 1.52. The molecule has 1 fully saturated rings. The largest absolute Gasteiger partial charge is 0.493 e. The molecule has 1 heterocycles. The molecule has 0 spiro atoms. The van der Waals surface area contributed by atoms with Gasteiger partial charge in [0.2, 0.25) is 0 Å². The van der Waals surface area contributed by atoms with Crippen LogP contribution in [0.3, 0.4) is 0 Å². The Morgan fingerprint density at radius 2 is 2.10 bits per heavy atom. The fraction of sp³-hybridized carbons (Fsp3) is 0.647. The number of nitrogens with zero attached hydrogens (tertiary/aromatic N) is 1. The molecule has 0 aliphatic carbocycles. The Balaban J connectivity index is 1.66. The molecule has 1 aliphatic rings. The van der Waals surface area contributed by atoms with Crippen molar-refractivity contribution in [2.75, 3.05) is 46.0 Å². The number of benzene rings is 1. The topological polar surface area (TPSA) is 33.7 Å². The fourth-order valence-electron chi connectivity index (χ4n) is 2.30. The number of rotatable bonds is 8. The standard InChI is InChI=1S/C17H28N2O2/c1-15(2)14-21-17-5-3-4-16(12-17)13-18-6-7-19-8-10-20-11-9-19/h3-5,12,15,18H,6-11,13-14H2,1-2H3. The molecule has 4 nitrogen and oxygen atoms in total. The second kappa shape index (κ2) is 9.03. The summed E-state index contributed by atoms with van der Waals surface area (Å²) in [6.07, 6.45) is 0. The molecule has 0 radical (unpaired) electrons. The van der Waals surface area contributed by atoms with Gasteiger partial charge < -0.3 is 14.8 Å². The fourth-order valence-corrected chi connectivity index (χ4v) is 2.30. The van der Waals surface area contributed by atoms with Gasteiger partial charge in [0.15, 0.2) is 0 Å². The first-order chi connectivity index (χ1) is 10.2. The second-order valence-corrected chi connectivity index (χ2v) is 5.98. The highest BCUT2D eigenvalue weighted by atomic mass is 16.5. The van der Waals surface area contributed by atoms with Crippen molar-refractivity contribution in [3.05, 3.63) is 29.8 Å². The van der Waals surface area contributed by atoms with E-state index in [1.807, 2.05) is 6.07 Å². The van der Waals surface area contributed by atoms with Gasteiger partial charge in [-0.3, -0.25) is 4.90 Å². The Morgan fingerprint density at radius 3 is 2.86 bits per heavy atom. The summed E-state index contributed by atoms with van der Waals surface area (Å²) in [4.78, 5) is 2.44. The van der Waals surface area contributed by atoms with Gasteiger partial charge in [0.05, 0.1) is 19.8 Å². The van der Waals surface area contributed by atoms with Crippen LogP contribution in [0.1, 0.15) is 19.4 Å². The van der Waals surface area contributed by atoms with Crippen LogP contribution in [0.25, 0.3) is 0 Å². The van der Waals surface area contributed by atoms with Crippen molar-refractivity contribution in [3.8, 4) is 5.75 Å². The molecule has 0 unspecified atom stereocenters.